The standard InChI is InChI=1S/C33H33N5O8/c1-5-44-32(40)30-20(2)36-33(41)37-31(30)22-11-13-26(28(15-22)43-4)46-19-29(39)38-35-17-21-10-12-25(27(14-21)42-3)45-18-24-9-7-6-8-23(24)16-34/h6-15,17,31H,5,18-19H2,1-4H3,(H,38,39)(H2,36,37,41)/b35-17-/t31-/m0/s1. The molecule has 0 fully saturated rings. The molecule has 0 radical (unpaired) electrons. The van der Waals surface area contributed by atoms with Crippen molar-refractivity contribution in [3.63, 3.8) is 0 Å². The van der Waals surface area contributed by atoms with Crippen LogP contribution in [0.3, 0.4) is 0 Å². The number of carbonyl (C=O) groups excluding carboxylic acids is 3. The van der Waals surface area contributed by atoms with Gasteiger partial charge in [-0.15, -0.1) is 0 Å². The van der Waals surface area contributed by atoms with Crippen molar-refractivity contribution in [1.29, 1.82) is 5.26 Å². The summed E-state index contributed by atoms with van der Waals surface area (Å²) in [4.78, 5) is 37.2. The molecular formula is C33H33N5O8. The third kappa shape index (κ3) is 8.11. The van der Waals surface area contributed by atoms with Crippen LogP contribution in [0.2, 0.25) is 0 Å². The number of urea groups is 1. The Morgan fingerprint density at radius 1 is 1.00 bits per heavy atom. The van der Waals surface area contributed by atoms with Crippen LogP contribution in [0.15, 0.2) is 77.0 Å². The summed E-state index contributed by atoms with van der Waals surface area (Å²) in [5.74, 6) is 0.395. The summed E-state index contributed by atoms with van der Waals surface area (Å²) in [6, 6.07) is 18.0. The number of hydrogen-bond acceptors (Lipinski definition) is 10. The van der Waals surface area contributed by atoms with Crippen molar-refractivity contribution in [2.24, 2.45) is 5.10 Å². The lowest BCUT2D eigenvalue weighted by atomic mass is 9.95. The number of esters is 1. The van der Waals surface area contributed by atoms with Crippen LogP contribution in [0.1, 0.15) is 42.1 Å². The average molecular weight is 628 g/mol. The zero-order chi connectivity index (χ0) is 33.1. The molecule has 1 atom stereocenters. The van der Waals surface area contributed by atoms with Crippen molar-refractivity contribution < 1.29 is 38.1 Å². The predicted octanol–water partition coefficient (Wildman–Crippen LogP) is 3.87. The van der Waals surface area contributed by atoms with Gasteiger partial charge in [0.25, 0.3) is 5.91 Å². The SMILES string of the molecule is CCOC(=O)C1=C(C)NC(=O)N[C@H]1c1ccc(OCC(=O)N/N=C\c2ccc(OCc3ccccc3C#N)c(OC)c2)c(OC)c1. The molecule has 46 heavy (non-hydrogen) atoms. The van der Waals surface area contributed by atoms with E-state index in [1.54, 1.807) is 62.4 Å². The van der Waals surface area contributed by atoms with E-state index in [1.807, 2.05) is 12.1 Å². The molecule has 1 aliphatic rings. The molecule has 1 heterocycles. The summed E-state index contributed by atoms with van der Waals surface area (Å²) in [5, 5.41) is 18.6. The quantitative estimate of drug-likeness (QED) is 0.145. The molecular weight excluding hydrogens is 594 g/mol. The van der Waals surface area contributed by atoms with Gasteiger partial charge in [-0.2, -0.15) is 10.4 Å². The second-order valence-electron chi connectivity index (χ2n) is 9.75. The Hall–Kier alpha value is -6.03. The van der Waals surface area contributed by atoms with Gasteiger partial charge in [-0.05, 0) is 61.4 Å². The fraction of sp³-hybridized carbons (Fsp3) is 0.242. The van der Waals surface area contributed by atoms with E-state index in [0.717, 1.165) is 5.56 Å². The van der Waals surface area contributed by atoms with E-state index in [2.05, 4.69) is 27.2 Å². The molecule has 0 aliphatic carbocycles. The maximum atomic E-state index is 12.6. The number of amides is 3. The molecule has 0 saturated heterocycles. The van der Waals surface area contributed by atoms with E-state index < -0.39 is 23.9 Å². The van der Waals surface area contributed by atoms with Crippen LogP contribution >= 0.6 is 0 Å². The van der Waals surface area contributed by atoms with Gasteiger partial charge in [0.15, 0.2) is 29.6 Å². The summed E-state index contributed by atoms with van der Waals surface area (Å²) in [6.45, 7) is 3.31. The topological polar surface area (TPSA) is 170 Å². The van der Waals surface area contributed by atoms with Crippen LogP contribution in [-0.4, -0.2) is 51.6 Å². The highest BCUT2D eigenvalue weighted by Crippen LogP contribution is 2.34. The number of nitriles is 1. The minimum Gasteiger partial charge on any atom is -0.493 e. The molecule has 3 aromatic rings. The van der Waals surface area contributed by atoms with Gasteiger partial charge in [0.05, 0.1) is 50.3 Å². The fourth-order valence-corrected chi connectivity index (χ4v) is 4.56. The molecule has 3 N–H and O–H groups in total. The first-order chi connectivity index (χ1) is 22.3. The van der Waals surface area contributed by atoms with E-state index in [4.69, 9.17) is 23.7 Å². The van der Waals surface area contributed by atoms with Crippen molar-refractivity contribution >= 4 is 24.1 Å². The molecule has 1 aliphatic heterocycles. The number of ether oxygens (including phenoxy) is 5. The smallest absolute Gasteiger partial charge is 0.338 e. The van der Waals surface area contributed by atoms with Gasteiger partial charge in [-0.25, -0.2) is 15.0 Å². The first-order valence-electron chi connectivity index (χ1n) is 14.1. The highest BCUT2D eigenvalue weighted by Gasteiger charge is 2.32. The Balaban J connectivity index is 1.35. The van der Waals surface area contributed by atoms with Crippen molar-refractivity contribution in [3.05, 3.63) is 94.2 Å². The van der Waals surface area contributed by atoms with Gasteiger partial charge in [-0.3, -0.25) is 4.79 Å². The van der Waals surface area contributed by atoms with E-state index in [0.29, 0.717) is 33.9 Å². The average Bonchev–Trinajstić information content (AvgIpc) is 3.06. The largest absolute Gasteiger partial charge is 0.493 e. The first kappa shape index (κ1) is 32.9. The van der Waals surface area contributed by atoms with Crippen LogP contribution in [-0.2, 0) is 20.9 Å². The van der Waals surface area contributed by atoms with Crippen LogP contribution in [0.25, 0.3) is 0 Å². The maximum absolute atomic E-state index is 12.6. The second kappa shape index (κ2) is 15.6. The number of benzene rings is 3. The highest BCUT2D eigenvalue weighted by atomic mass is 16.5. The van der Waals surface area contributed by atoms with Crippen molar-refractivity contribution in [2.75, 3.05) is 27.4 Å². The molecule has 4 rings (SSSR count). The molecule has 3 aromatic carbocycles. The maximum Gasteiger partial charge on any atom is 0.338 e. The number of nitrogens with one attached hydrogen (secondary N) is 3. The first-order valence-corrected chi connectivity index (χ1v) is 14.1. The lowest BCUT2D eigenvalue weighted by molar-refractivity contribution is -0.139. The number of hydrogen-bond donors (Lipinski definition) is 3. The highest BCUT2D eigenvalue weighted by molar-refractivity contribution is 5.95. The monoisotopic (exact) mass is 627 g/mol. The van der Waals surface area contributed by atoms with E-state index >= 15 is 0 Å². The zero-order valence-corrected chi connectivity index (χ0v) is 25.7. The van der Waals surface area contributed by atoms with E-state index in [1.165, 1.54) is 20.4 Å². The van der Waals surface area contributed by atoms with Gasteiger partial charge in [0.1, 0.15) is 6.61 Å². The number of methoxy groups -OCH3 is 2. The number of nitrogens with zero attached hydrogens (tertiary/aromatic N) is 2. The minimum atomic E-state index is -0.784. The molecule has 13 nitrogen and oxygen atoms in total. The fourth-order valence-electron chi connectivity index (χ4n) is 4.56. The lowest BCUT2D eigenvalue weighted by Gasteiger charge is -2.28. The third-order valence-corrected chi connectivity index (χ3v) is 6.76. The molecule has 238 valence electrons. The summed E-state index contributed by atoms with van der Waals surface area (Å²) in [7, 11) is 2.94. The second-order valence-corrected chi connectivity index (χ2v) is 9.75. The van der Waals surface area contributed by atoms with E-state index in [9.17, 15) is 19.6 Å². The number of carbonyl (C=O) groups is 3. The van der Waals surface area contributed by atoms with Gasteiger partial charge >= 0.3 is 12.0 Å². The zero-order valence-electron chi connectivity index (χ0n) is 25.7. The van der Waals surface area contributed by atoms with Crippen LogP contribution in [0, 0.1) is 11.3 Å². The Morgan fingerprint density at radius 2 is 1.72 bits per heavy atom. The Kier molecular flexibility index (Phi) is 11.2. The van der Waals surface area contributed by atoms with Crippen LogP contribution < -0.4 is 35.0 Å². The molecule has 0 unspecified atom stereocenters. The minimum absolute atomic E-state index is 0.175. The Morgan fingerprint density at radius 3 is 2.46 bits per heavy atom. The van der Waals surface area contributed by atoms with Crippen LogP contribution in [0.4, 0.5) is 4.79 Å². The van der Waals surface area contributed by atoms with Crippen molar-refractivity contribution in [1.82, 2.24) is 16.1 Å². The summed E-state index contributed by atoms with van der Waals surface area (Å²) < 4.78 is 27.6. The predicted molar refractivity (Wildman–Crippen MR) is 166 cm³/mol. The Labute approximate surface area is 265 Å². The van der Waals surface area contributed by atoms with Crippen molar-refractivity contribution in [3.8, 4) is 29.1 Å². The van der Waals surface area contributed by atoms with Crippen LogP contribution in [0.5, 0.6) is 23.0 Å². The number of allylic oxidation sites excluding steroid dienone is 1. The molecule has 0 aromatic heterocycles. The summed E-state index contributed by atoms with van der Waals surface area (Å²) >= 11 is 0. The van der Waals surface area contributed by atoms with Gasteiger partial charge in [0.2, 0.25) is 0 Å². The normalized spacial score (nSPS) is 14.1. The van der Waals surface area contributed by atoms with Gasteiger partial charge in [-0.1, -0.05) is 24.3 Å². The summed E-state index contributed by atoms with van der Waals surface area (Å²) in [5.41, 5.74) is 5.51. The number of hydrazone groups is 1. The van der Waals surface area contributed by atoms with Gasteiger partial charge < -0.3 is 34.3 Å². The number of rotatable bonds is 13. The lowest BCUT2D eigenvalue weighted by Crippen LogP contribution is -2.45. The van der Waals surface area contributed by atoms with Crippen molar-refractivity contribution in [2.45, 2.75) is 26.5 Å². The molecule has 0 spiro atoms. The molecule has 3 amide bonds. The molecule has 0 saturated carbocycles. The Bertz CT molecular complexity index is 1710. The summed E-state index contributed by atoms with van der Waals surface area (Å²) in [6.07, 6.45) is 1.44. The van der Waals surface area contributed by atoms with Gasteiger partial charge in [0, 0.05) is 11.3 Å². The van der Waals surface area contributed by atoms with E-state index in [-0.39, 0.29) is 36.9 Å². The molecule has 13 heteroatoms. The third-order valence-electron chi connectivity index (χ3n) is 6.76. The molecule has 0 bridgehead atoms.